The summed E-state index contributed by atoms with van der Waals surface area (Å²) in [6.07, 6.45) is 2.16. The van der Waals surface area contributed by atoms with Gasteiger partial charge in [-0.3, -0.25) is 4.79 Å². The van der Waals surface area contributed by atoms with Crippen LogP contribution in [-0.4, -0.2) is 10.4 Å². The van der Waals surface area contributed by atoms with Crippen LogP contribution in [0.3, 0.4) is 0 Å². The molecule has 3 heteroatoms. The fourth-order valence-electron chi connectivity index (χ4n) is 1.20. The molecule has 0 heterocycles. The second-order valence-corrected chi connectivity index (χ2v) is 4.44. The predicted molar refractivity (Wildman–Crippen MR) is 69.9 cm³/mol. The first-order valence-electron chi connectivity index (χ1n) is 5.08. The number of hydrogen-bond acceptors (Lipinski definition) is 2. The van der Waals surface area contributed by atoms with Gasteiger partial charge in [-0.15, -0.1) is 0 Å². The zero-order valence-electron chi connectivity index (χ0n) is 9.05. The van der Waals surface area contributed by atoms with Crippen molar-refractivity contribution in [2.75, 3.05) is 6.61 Å². The van der Waals surface area contributed by atoms with E-state index < -0.39 is 0 Å². The predicted octanol–water partition coefficient (Wildman–Crippen LogP) is 3.75. The fourth-order valence-corrected chi connectivity index (χ4v) is 1.54. The summed E-state index contributed by atoms with van der Waals surface area (Å²) in [5.41, 5.74) is 1.78. The van der Waals surface area contributed by atoms with Crippen molar-refractivity contribution in [3.8, 4) is 5.75 Å². The van der Waals surface area contributed by atoms with Crippen LogP contribution in [0.15, 0.2) is 18.2 Å². The first kappa shape index (κ1) is 12.5. The molecule has 0 unspecified atom stereocenters. The summed E-state index contributed by atoms with van der Waals surface area (Å²) in [6.45, 7) is 4.83. The van der Waals surface area contributed by atoms with Gasteiger partial charge in [-0.25, -0.2) is 0 Å². The maximum Gasteiger partial charge on any atom is 0.222 e. The van der Waals surface area contributed by atoms with Gasteiger partial charge < -0.3 is 4.74 Å². The van der Waals surface area contributed by atoms with E-state index in [4.69, 9.17) is 4.74 Å². The lowest BCUT2D eigenvalue weighted by Crippen LogP contribution is -1.99. The number of hydrogen-bond donors (Lipinski definition) is 0. The van der Waals surface area contributed by atoms with Crippen molar-refractivity contribution in [2.24, 2.45) is 0 Å². The SMILES string of the molecule is CCCCOc1cc(C(=O)I)ccc1C. The van der Waals surface area contributed by atoms with Crippen molar-refractivity contribution >= 4 is 26.4 Å². The summed E-state index contributed by atoms with van der Waals surface area (Å²) in [7, 11) is 0. The van der Waals surface area contributed by atoms with Crippen LogP contribution in [0.4, 0.5) is 0 Å². The quantitative estimate of drug-likeness (QED) is 0.469. The lowest BCUT2D eigenvalue weighted by molar-refractivity contribution is 0.110. The summed E-state index contributed by atoms with van der Waals surface area (Å²) in [5.74, 6) is 0.825. The number of ether oxygens (including phenoxy) is 1. The van der Waals surface area contributed by atoms with Gasteiger partial charge in [0.25, 0.3) is 0 Å². The molecule has 0 radical (unpaired) electrons. The monoisotopic (exact) mass is 318 g/mol. The highest BCUT2D eigenvalue weighted by Gasteiger charge is 2.05. The zero-order valence-corrected chi connectivity index (χ0v) is 11.2. The van der Waals surface area contributed by atoms with Gasteiger partial charge in [0, 0.05) is 28.2 Å². The van der Waals surface area contributed by atoms with Crippen LogP contribution in [0.25, 0.3) is 0 Å². The van der Waals surface area contributed by atoms with Gasteiger partial charge in [0.15, 0.2) is 0 Å². The lowest BCUT2D eigenvalue weighted by Gasteiger charge is -2.09. The molecule has 0 aliphatic carbocycles. The number of rotatable bonds is 5. The zero-order chi connectivity index (χ0) is 11.3. The number of unbranched alkanes of at least 4 members (excludes halogenated alkanes) is 1. The third-order valence-corrected chi connectivity index (χ3v) is 2.79. The molecule has 0 atom stereocenters. The van der Waals surface area contributed by atoms with Crippen LogP contribution < -0.4 is 4.74 Å². The summed E-state index contributed by atoms with van der Waals surface area (Å²) in [4.78, 5) is 11.2. The van der Waals surface area contributed by atoms with Gasteiger partial charge >= 0.3 is 0 Å². The van der Waals surface area contributed by atoms with E-state index in [1.165, 1.54) is 0 Å². The Bertz CT molecular complexity index is 347. The second-order valence-electron chi connectivity index (χ2n) is 3.46. The van der Waals surface area contributed by atoms with Crippen molar-refractivity contribution in [3.05, 3.63) is 29.3 Å². The molecule has 0 N–H and O–H groups in total. The minimum Gasteiger partial charge on any atom is -0.493 e. The van der Waals surface area contributed by atoms with Crippen LogP contribution in [0.5, 0.6) is 5.75 Å². The Labute approximate surface area is 104 Å². The maximum absolute atomic E-state index is 11.2. The minimum atomic E-state index is 0.0490. The highest BCUT2D eigenvalue weighted by molar-refractivity contribution is 14.1. The molecule has 0 amide bonds. The van der Waals surface area contributed by atoms with Crippen LogP contribution in [0, 0.1) is 6.92 Å². The fraction of sp³-hybridized carbons (Fsp3) is 0.417. The summed E-state index contributed by atoms with van der Waals surface area (Å²) in [6, 6.07) is 5.57. The molecule has 15 heavy (non-hydrogen) atoms. The van der Waals surface area contributed by atoms with Gasteiger partial charge in [-0.1, -0.05) is 25.5 Å². The first-order chi connectivity index (χ1) is 7.15. The number of halogens is 1. The topological polar surface area (TPSA) is 26.3 Å². The second kappa shape index (κ2) is 6.10. The lowest BCUT2D eigenvalue weighted by atomic mass is 10.1. The van der Waals surface area contributed by atoms with Gasteiger partial charge in [-0.2, -0.15) is 0 Å². The molecule has 0 spiro atoms. The van der Waals surface area contributed by atoms with Crippen molar-refractivity contribution in [1.29, 1.82) is 0 Å². The number of aryl methyl sites for hydroxylation is 1. The average Bonchev–Trinajstić information content (AvgIpc) is 2.20. The molecule has 1 aromatic carbocycles. The molecule has 0 bridgehead atoms. The van der Waals surface area contributed by atoms with Crippen LogP contribution in [-0.2, 0) is 0 Å². The van der Waals surface area contributed by atoms with Crippen molar-refractivity contribution in [2.45, 2.75) is 26.7 Å². The van der Waals surface area contributed by atoms with Crippen LogP contribution in [0.1, 0.15) is 35.7 Å². The minimum absolute atomic E-state index is 0.0490. The Kier molecular flexibility index (Phi) is 5.08. The molecule has 1 rings (SSSR count). The average molecular weight is 318 g/mol. The maximum atomic E-state index is 11.2. The normalized spacial score (nSPS) is 10.1. The third kappa shape index (κ3) is 3.81. The smallest absolute Gasteiger partial charge is 0.222 e. The molecular formula is C12H15IO2. The molecule has 0 aliphatic rings. The third-order valence-electron chi connectivity index (χ3n) is 2.17. The van der Waals surface area contributed by atoms with Crippen molar-refractivity contribution < 1.29 is 9.53 Å². The van der Waals surface area contributed by atoms with Crippen molar-refractivity contribution in [3.63, 3.8) is 0 Å². The Morgan fingerprint density at radius 2 is 2.20 bits per heavy atom. The molecule has 2 nitrogen and oxygen atoms in total. The first-order valence-corrected chi connectivity index (χ1v) is 6.16. The molecule has 1 aromatic rings. The van der Waals surface area contributed by atoms with E-state index in [0.717, 1.165) is 30.8 Å². The van der Waals surface area contributed by atoms with Gasteiger partial charge in [0.05, 0.1) is 6.61 Å². The van der Waals surface area contributed by atoms with E-state index in [1.807, 2.05) is 25.1 Å². The van der Waals surface area contributed by atoms with Crippen LogP contribution in [0.2, 0.25) is 0 Å². The molecule has 0 saturated heterocycles. The van der Waals surface area contributed by atoms with Crippen LogP contribution >= 0.6 is 22.6 Å². The van der Waals surface area contributed by atoms with Gasteiger partial charge in [-0.05, 0) is 25.0 Å². The van der Waals surface area contributed by atoms with E-state index >= 15 is 0 Å². The Hall–Kier alpha value is -0.580. The largest absolute Gasteiger partial charge is 0.493 e. The molecule has 0 aliphatic heterocycles. The summed E-state index contributed by atoms with van der Waals surface area (Å²) < 4.78 is 5.66. The summed E-state index contributed by atoms with van der Waals surface area (Å²) >= 11 is 1.79. The van der Waals surface area contributed by atoms with E-state index in [-0.39, 0.29) is 3.79 Å². The van der Waals surface area contributed by atoms with Crippen molar-refractivity contribution in [1.82, 2.24) is 0 Å². The number of carbonyl (C=O) groups excluding carboxylic acids is 1. The summed E-state index contributed by atoms with van der Waals surface area (Å²) in [5, 5.41) is 0. The number of carbonyl (C=O) groups is 1. The number of benzene rings is 1. The highest BCUT2D eigenvalue weighted by Crippen LogP contribution is 2.21. The molecule has 0 aromatic heterocycles. The van der Waals surface area contributed by atoms with E-state index in [0.29, 0.717) is 5.56 Å². The highest BCUT2D eigenvalue weighted by atomic mass is 127. The van der Waals surface area contributed by atoms with E-state index in [9.17, 15) is 4.79 Å². The Morgan fingerprint density at radius 1 is 1.47 bits per heavy atom. The molecule has 0 fully saturated rings. The van der Waals surface area contributed by atoms with E-state index in [1.54, 1.807) is 22.6 Å². The van der Waals surface area contributed by atoms with Gasteiger partial charge in [0.2, 0.25) is 3.79 Å². The standard InChI is InChI=1S/C12H15IO2/c1-3-4-7-15-11-8-10(12(13)14)6-5-9(11)2/h5-6,8H,3-4,7H2,1-2H3. The molecule has 82 valence electrons. The van der Waals surface area contributed by atoms with E-state index in [2.05, 4.69) is 6.92 Å². The van der Waals surface area contributed by atoms with Gasteiger partial charge in [0.1, 0.15) is 5.75 Å². The molecular weight excluding hydrogens is 303 g/mol. The Balaban J connectivity index is 2.76. The Morgan fingerprint density at radius 3 is 2.80 bits per heavy atom. The molecule has 0 saturated carbocycles.